The minimum absolute atomic E-state index is 0.162. The van der Waals surface area contributed by atoms with E-state index in [1.54, 1.807) is 6.92 Å². The number of rotatable bonds is 4. The summed E-state index contributed by atoms with van der Waals surface area (Å²) in [5, 5.41) is 8.55. The fraction of sp³-hybridized carbons (Fsp3) is 0.429. The summed E-state index contributed by atoms with van der Waals surface area (Å²) in [5.74, 6) is -3.28. The van der Waals surface area contributed by atoms with Gasteiger partial charge in [0.05, 0.1) is 18.7 Å². The third-order valence-electron chi connectivity index (χ3n) is 3.36. The number of carboxylic acid groups (broad SMARTS) is 1. The maximum absolute atomic E-state index is 13.7. The standard InChI is InChI=1S/C14H15F2NO4/c1-8-3-9(11(16)4-10(8)15)13(20)17-6-14(2,7-17)21-5-12(18)19/h3-4H,5-7H2,1-2H3,(H,18,19). The molecule has 5 nitrogen and oxygen atoms in total. The summed E-state index contributed by atoms with van der Waals surface area (Å²) in [6.45, 7) is 2.99. The minimum Gasteiger partial charge on any atom is -0.480 e. The van der Waals surface area contributed by atoms with E-state index in [-0.39, 0.29) is 24.2 Å². The zero-order chi connectivity index (χ0) is 15.8. The lowest BCUT2D eigenvalue weighted by molar-refractivity contribution is -0.159. The van der Waals surface area contributed by atoms with Gasteiger partial charge in [-0.2, -0.15) is 0 Å². The predicted octanol–water partition coefficient (Wildman–Crippen LogP) is 1.59. The predicted molar refractivity (Wildman–Crippen MR) is 69.0 cm³/mol. The van der Waals surface area contributed by atoms with Crippen molar-refractivity contribution in [3.63, 3.8) is 0 Å². The van der Waals surface area contributed by atoms with Crippen LogP contribution in [0.3, 0.4) is 0 Å². The van der Waals surface area contributed by atoms with Crippen molar-refractivity contribution in [1.82, 2.24) is 4.90 Å². The van der Waals surface area contributed by atoms with Crippen molar-refractivity contribution in [2.24, 2.45) is 0 Å². The molecule has 0 aromatic heterocycles. The molecule has 1 aromatic rings. The van der Waals surface area contributed by atoms with E-state index in [1.165, 1.54) is 17.9 Å². The first-order valence-electron chi connectivity index (χ1n) is 6.32. The van der Waals surface area contributed by atoms with E-state index in [1.807, 2.05) is 0 Å². The molecule has 0 saturated carbocycles. The van der Waals surface area contributed by atoms with Gasteiger partial charge in [-0.3, -0.25) is 4.79 Å². The molecule has 1 saturated heterocycles. The largest absolute Gasteiger partial charge is 0.480 e. The zero-order valence-electron chi connectivity index (χ0n) is 11.7. The third-order valence-corrected chi connectivity index (χ3v) is 3.36. The quantitative estimate of drug-likeness (QED) is 0.917. The Morgan fingerprint density at radius 3 is 2.52 bits per heavy atom. The number of carbonyl (C=O) groups excluding carboxylic acids is 1. The molecule has 1 fully saturated rings. The Bertz CT molecular complexity index is 597. The van der Waals surface area contributed by atoms with E-state index in [0.717, 1.165) is 0 Å². The van der Waals surface area contributed by atoms with Crippen molar-refractivity contribution in [3.05, 3.63) is 34.9 Å². The normalized spacial score (nSPS) is 16.5. The fourth-order valence-electron chi connectivity index (χ4n) is 2.22. The van der Waals surface area contributed by atoms with E-state index in [0.29, 0.717) is 6.07 Å². The number of benzene rings is 1. The van der Waals surface area contributed by atoms with Crippen LogP contribution in [-0.4, -0.2) is 47.2 Å². The highest BCUT2D eigenvalue weighted by molar-refractivity contribution is 5.95. The molecule has 0 atom stereocenters. The lowest BCUT2D eigenvalue weighted by atomic mass is 9.95. The zero-order valence-corrected chi connectivity index (χ0v) is 11.7. The van der Waals surface area contributed by atoms with Crippen LogP contribution in [0.15, 0.2) is 12.1 Å². The van der Waals surface area contributed by atoms with Crippen LogP contribution in [-0.2, 0) is 9.53 Å². The summed E-state index contributed by atoms with van der Waals surface area (Å²) in [5.41, 5.74) is -0.765. The summed E-state index contributed by atoms with van der Waals surface area (Å²) in [7, 11) is 0. The van der Waals surface area contributed by atoms with Gasteiger partial charge in [0, 0.05) is 6.07 Å². The molecule has 21 heavy (non-hydrogen) atoms. The van der Waals surface area contributed by atoms with E-state index in [4.69, 9.17) is 9.84 Å². The van der Waals surface area contributed by atoms with Gasteiger partial charge in [0.15, 0.2) is 0 Å². The number of likely N-dealkylation sites (tertiary alicyclic amines) is 1. The van der Waals surface area contributed by atoms with Gasteiger partial charge < -0.3 is 14.7 Å². The molecule has 114 valence electrons. The molecule has 1 amide bonds. The van der Waals surface area contributed by atoms with Crippen LogP contribution in [0.5, 0.6) is 0 Å². The second-order valence-electron chi connectivity index (χ2n) is 5.37. The molecule has 7 heteroatoms. The Labute approximate surface area is 120 Å². The molecule has 2 rings (SSSR count). The van der Waals surface area contributed by atoms with Crippen LogP contribution < -0.4 is 0 Å². The SMILES string of the molecule is Cc1cc(C(=O)N2CC(C)(OCC(=O)O)C2)c(F)cc1F. The molecule has 1 aliphatic heterocycles. The van der Waals surface area contributed by atoms with Crippen molar-refractivity contribution in [2.75, 3.05) is 19.7 Å². The maximum atomic E-state index is 13.7. The van der Waals surface area contributed by atoms with E-state index >= 15 is 0 Å². The average molecular weight is 299 g/mol. The molecule has 0 radical (unpaired) electrons. The molecular weight excluding hydrogens is 284 g/mol. The fourth-order valence-corrected chi connectivity index (χ4v) is 2.22. The number of hydrogen-bond donors (Lipinski definition) is 1. The molecular formula is C14H15F2NO4. The third kappa shape index (κ3) is 3.18. The lowest BCUT2D eigenvalue weighted by Gasteiger charge is -2.47. The van der Waals surface area contributed by atoms with Crippen LogP contribution >= 0.6 is 0 Å². The van der Waals surface area contributed by atoms with Crippen molar-refractivity contribution in [1.29, 1.82) is 0 Å². The Balaban J connectivity index is 2.04. The number of hydrogen-bond acceptors (Lipinski definition) is 3. The topological polar surface area (TPSA) is 66.8 Å². The first-order valence-corrected chi connectivity index (χ1v) is 6.32. The number of aliphatic carboxylic acids is 1. The number of aryl methyl sites for hydroxylation is 1. The molecule has 0 spiro atoms. The van der Waals surface area contributed by atoms with Crippen molar-refractivity contribution >= 4 is 11.9 Å². The lowest BCUT2D eigenvalue weighted by Crippen LogP contribution is -2.63. The van der Waals surface area contributed by atoms with E-state index < -0.39 is 35.7 Å². The first kappa shape index (κ1) is 15.4. The van der Waals surface area contributed by atoms with Gasteiger partial charge in [0.2, 0.25) is 0 Å². The monoisotopic (exact) mass is 299 g/mol. The van der Waals surface area contributed by atoms with Crippen LogP contribution in [0.25, 0.3) is 0 Å². The number of nitrogens with zero attached hydrogens (tertiary/aromatic N) is 1. The Kier molecular flexibility index (Phi) is 3.95. The molecule has 0 bridgehead atoms. The van der Waals surface area contributed by atoms with Gasteiger partial charge in [-0.05, 0) is 25.5 Å². The summed E-state index contributed by atoms with van der Waals surface area (Å²) < 4.78 is 32.0. The Morgan fingerprint density at radius 2 is 1.95 bits per heavy atom. The second-order valence-corrected chi connectivity index (χ2v) is 5.37. The Morgan fingerprint density at radius 1 is 1.33 bits per heavy atom. The summed E-state index contributed by atoms with van der Waals surface area (Å²) in [6.07, 6.45) is 0. The molecule has 1 aromatic carbocycles. The number of carbonyl (C=O) groups is 2. The van der Waals surface area contributed by atoms with Gasteiger partial charge in [-0.25, -0.2) is 13.6 Å². The first-order chi connectivity index (χ1) is 9.72. The van der Waals surface area contributed by atoms with Crippen LogP contribution in [0, 0.1) is 18.6 Å². The van der Waals surface area contributed by atoms with Gasteiger partial charge in [-0.15, -0.1) is 0 Å². The molecule has 1 aliphatic rings. The number of carboxylic acids is 1. The van der Waals surface area contributed by atoms with Crippen LogP contribution in [0.2, 0.25) is 0 Å². The highest BCUT2D eigenvalue weighted by atomic mass is 19.1. The second kappa shape index (κ2) is 5.40. The number of halogens is 2. The van der Waals surface area contributed by atoms with Gasteiger partial charge in [0.25, 0.3) is 5.91 Å². The van der Waals surface area contributed by atoms with Crippen molar-refractivity contribution < 1.29 is 28.2 Å². The van der Waals surface area contributed by atoms with Gasteiger partial charge in [-0.1, -0.05) is 0 Å². The van der Waals surface area contributed by atoms with E-state index in [2.05, 4.69) is 0 Å². The highest BCUT2D eigenvalue weighted by Crippen LogP contribution is 2.27. The summed E-state index contributed by atoms with van der Waals surface area (Å²) >= 11 is 0. The number of ether oxygens (including phenoxy) is 1. The van der Waals surface area contributed by atoms with Gasteiger partial charge in [0.1, 0.15) is 23.8 Å². The van der Waals surface area contributed by atoms with Crippen molar-refractivity contribution in [3.8, 4) is 0 Å². The smallest absolute Gasteiger partial charge is 0.329 e. The highest BCUT2D eigenvalue weighted by Gasteiger charge is 2.43. The molecule has 1 heterocycles. The minimum atomic E-state index is -1.10. The number of amides is 1. The van der Waals surface area contributed by atoms with Gasteiger partial charge >= 0.3 is 5.97 Å². The maximum Gasteiger partial charge on any atom is 0.329 e. The Hall–Kier alpha value is -2.02. The van der Waals surface area contributed by atoms with Crippen LogP contribution in [0.4, 0.5) is 8.78 Å². The summed E-state index contributed by atoms with van der Waals surface area (Å²) in [6, 6.07) is 1.85. The summed E-state index contributed by atoms with van der Waals surface area (Å²) in [4.78, 5) is 23.9. The average Bonchev–Trinajstić information content (AvgIpc) is 2.36. The molecule has 1 N–H and O–H groups in total. The van der Waals surface area contributed by atoms with Crippen LogP contribution in [0.1, 0.15) is 22.8 Å². The van der Waals surface area contributed by atoms with Crippen molar-refractivity contribution in [2.45, 2.75) is 19.4 Å². The molecule has 0 unspecified atom stereocenters. The molecule has 0 aliphatic carbocycles. The van der Waals surface area contributed by atoms with E-state index in [9.17, 15) is 18.4 Å².